The van der Waals surface area contributed by atoms with Gasteiger partial charge >= 0.3 is 5.97 Å². The Kier molecular flexibility index (Phi) is 6.92. The molecule has 0 fully saturated rings. The number of carbonyl (C=O) groups is 2. The van der Waals surface area contributed by atoms with E-state index in [4.69, 9.17) is 4.74 Å². The van der Waals surface area contributed by atoms with Crippen LogP contribution in [0.15, 0.2) is 54.6 Å². The number of aromatic carboxylic acids is 1. The zero-order valence-electron chi connectivity index (χ0n) is 19.7. The van der Waals surface area contributed by atoms with Gasteiger partial charge in [-0.05, 0) is 65.8 Å². The molecule has 5 heteroatoms. The Balaban J connectivity index is 1.80. The molecule has 3 aromatic rings. The average molecular weight is 447 g/mol. The summed E-state index contributed by atoms with van der Waals surface area (Å²) >= 11 is 0. The van der Waals surface area contributed by atoms with E-state index >= 15 is 0 Å². The van der Waals surface area contributed by atoms with Crippen LogP contribution in [0, 0.1) is 19.3 Å². The molecule has 33 heavy (non-hydrogen) atoms. The van der Waals surface area contributed by atoms with Gasteiger partial charge in [-0.3, -0.25) is 4.79 Å². The molecule has 0 aliphatic carbocycles. The van der Waals surface area contributed by atoms with E-state index in [1.165, 1.54) is 0 Å². The Bertz CT molecular complexity index is 1200. The van der Waals surface area contributed by atoms with Crippen LogP contribution in [-0.4, -0.2) is 22.0 Å². The van der Waals surface area contributed by atoms with Gasteiger partial charge in [-0.25, -0.2) is 4.79 Å². The molecule has 0 atom stereocenters. The number of rotatable bonds is 7. The van der Waals surface area contributed by atoms with Gasteiger partial charge in [0.05, 0.1) is 11.1 Å². The van der Waals surface area contributed by atoms with Crippen molar-refractivity contribution in [3.63, 3.8) is 0 Å². The standard InChI is InChI=1S/C28H30O5/c1-17-21(10-7-11-22(17)27(31)32)20-9-6-8-19(14-20)16-33-25-13-12-23(26(30)18(25)2)24(29)15-28(3,4)5/h6-14,30H,15-16H2,1-5H3,(H,31,32). The fourth-order valence-corrected chi connectivity index (χ4v) is 3.81. The van der Waals surface area contributed by atoms with Gasteiger partial charge < -0.3 is 14.9 Å². The molecule has 0 heterocycles. The Morgan fingerprint density at radius 1 is 0.909 bits per heavy atom. The second kappa shape index (κ2) is 9.49. The van der Waals surface area contributed by atoms with Crippen molar-refractivity contribution in [1.29, 1.82) is 0 Å². The summed E-state index contributed by atoms with van der Waals surface area (Å²) in [5.41, 5.74) is 4.31. The van der Waals surface area contributed by atoms with Crippen LogP contribution in [0.5, 0.6) is 11.5 Å². The van der Waals surface area contributed by atoms with Gasteiger partial charge in [0.1, 0.15) is 18.1 Å². The lowest BCUT2D eigenvalue weighted by molar-refractivity contribution is 0.0695. The highest BCUT2D eigenvalue weighted by Crippen LogP contribution is 2.34. The monoisotopic (exact) mass is 446 g/mol. The molecule has 0 spiro atoms. The first-order valence-corrected chi connectivity index (χ1v) is 10.9. The number of hydrogen-bond acceptors (Lipinski definition) is 4. The Morgan fingerprint density at radius 3 is 2.27 bits per heavy atom. The maximum absolute atomic E-state index is 12.6. The number of phenols is 1. The van der Waals surface area contributed by atoms with E-state index in [1.54, 1.807) is 38.1 Å². The number of hydrogen-bond donors (Lipinski definition) is 2. The zero-order chi connectivity index (χ0) is 24.3. The zero-order valence-corrected chi connectivity index (χ0v) is 19.7. The fourth-order valence-electron chi connectivity index (χ4n) is 3.81. The predicted molar refractivity (Wildman–Crippen MR) is 129 cm³/mol. The largest absolute Gasteiger partial charge is 0.507 e. The number of benzene rings is 3. The molecule has 5 nitrogen and oxygen atoms in total. The molecule has 0 aliphatic rings. The van der Waals surface area contributed by atoms with Gasteiger partial charge in [-0.1, -0.05) is 51.1 Å². The number of ketones is 1. The summed E-state index contributed by atoms with van der Waals surface area (Å²) in [6.07, 6.45) is 0.343. The van der Waals surface area contributed by atoms with Crippen molar-refractivity contribution in [2.24, 2.45) is 5.41 Å². The lowest BCUT2D eigenvalue weighted by atomic mass is 9.87. The maximum Gasteiger partial charge on any atom is 0.335 e. The first-order valence-electron chi connectivity index (χ1n) is 10.9. The molecule has 0 saturated heterocycles. The van der Waals surface area contributed by atoms with Gasteiger partial charge in [-0.2, -0.15) is 0 Å². The normalized spacial score (nSPS) is 11.3. The highest BCUT2D eigenvalue weighted by Gasteiger charge is 2.21. The van der Waals surface area contributed by atoms with E-state index in [2.05, 4.69) is 0 Å². The Labute approximate surface area is 194 Å². The first kappa shape index (κ1) is 24.1. The van der Waals surface area contributed by atoms with Crippen molar-refractivity contribution in [3.05, 3.63) is 82.4 Å². The second-order valence-electron chi connectivity index (χ2n) is 9.52. The Hall–Kier alpha value is -3.60. The summed E-state index contributed by atoms with van der Waals surface area (Å²) in [5.74, 6) is -0.583. The predicted octanol–water partition coefficient (Wildman–Crippen LogP) is 6.57. The molecule has 0 saturated carbocycles. The highest BCUT2D eigenvalue weighted by atomic mass is 16.5. The molecule has 172 valence electrons. The minimum atomic E-state index is -0.950. The number of phenolic OH excluding ortho intramolecular Hbond substituents is 1. The lowest BCUT2D eigenvalue weighted by Crippen LogP contribution is -2.13. The van der Waals surface area contributed by atoms with Crippen LogP contribution in [0.2, 0.25) is 0 Å². The summed E-state index contributed by atoms with van der Waals surface area (Å²) in [6, 6.07) is 16.3. The smallest absolute Gasteiger partial charge is 0.335 e. The third-order valence-electron chi connectivity index (χ3n) is 5.57. The van der Waals surface area contributed by atoms with Gasteiger partial charge in [0, 0.05) is 12.0 Å². The lowest BCUT2D eigenvalue weighted by Gasteiger charge is -2.18. The van der Waals surface area contributed by atoms with Crippen molar-refractivity contribution in [3.8, 4) is 22.6 Å². The summed E-state index contributed by atoms with van der Waals surface area (Å²) < 4.78 is 5.96. The minimum Gasteiger partial charge on any atom is -0.507 e. The third kappa shape index (κ3) is 5.61. The van der Waals surface area contributed by atoms with Gasteiger partial charge in [-0.15, -0.1) is 0 Å². The van der Waals surface area contributed by atoms with Crippen LogP contribution in [0.3, 0.4) is 0 Å². The van der Waals surface area contributed by atoms with Gasteiger partial charge in [0.25, 0.3) is 0 Å². The molecular weight excluding hydrogens is 416 g/mol. The molecular formula is C28H30O5. The van der Waals surface area contributed by atoms with Crippen LogP contribution in [0.25, 0.3) is 11.1 Å². The van der Waals surface area contributed by atoms with E-state index in [9.17, 15) is 19.8 Å². The van der Waals surface area contributed by atoms with Crippen LogP contribution in [0.4, 0.5) is 0 Å². The fraction of sp³-hybridized carbons (Fsp3) is 0.286. The summed E-state index contributed by atoms with van der Waals surface area (Å²) in [4.78, 5) is 24.0. The number of carbonyl (C=O) groups excluding carboxylic acids is 1. The summed E-state index contributed by atoms with van der Waals surface area (Å²) in [6.45, 7) is 9.76. The van der Waals surface area contributed by atoms with Crippen molar-refractivity contribution < 1.29 is 24.5 Å². The molecule has 2 N–H and O–H groups in total. The van der Waals surface area contributed by atoms with Crippen molar-refractivity contribution in [2.45, 2.75) is 47.6 Å². The molecule has 3 rings (SSSR count). The topological polar surface area (TPSA) is 83.8 Å². The Morgan fingerprint density at radius 2 is 1.61 bits per heavy atom. The van der Waals surface area contributed by atoms with E-state index in [0.717, 1.165) is 16.7 Å². The number of carboxylic acids is 1. The van der Waals surface area contributed by atoms with Crippen molar-refractivity contribution in [2.75, 3.05) is 0 Å². The molecule has 0 aliphatic heterocycles. The molecule has 0 aromatic heterocycles. The van der Waals surface area contributed by atoms with E-state index < -0.39 is 5.97 Å². The van der Waals surface area contributed by atoms with E-state index in [0.29, 0.717) is 28.9 Å². The number of ether oxygens (including phenoxy) is 1. The summed E-state index contributed by atoms with van der Waals surface area (Å²) in [5, 5.41) is 20.0. The van der Waals surface area contributed by atoms with Crippen molar-refractivity contribution >= 4 is 11.8 Å². The van der Waals surface area contributed by atoms with Crippen LogP contribution >= 0.6 is 0 Å². The SMILES string of the molecule is Cc1c(C(=O)O)cccc1-c1cccc(COc2ccc(C(=O)CC(C)(C)C)c(O)c2C)c1. The van der Waals surface area contributed by atoms with E-state index in [-0.39, 0.29) is 29.1 Å². The van der Waals surface area contributed by atoms with Crippen LogP contribution < -0.4 is 4.74 Å². The molecule has 0 unspecified atom stereocenters. The molecule has 0 amide bonds. The minimum absolute atomic E-state index is 0.0448. The highest BCUT2D eigenvalue weighted by molar-refractivity contribution is 5.99. The molecule has 0 radical (unpaired) electrons. The number of carboxylic acid groups (broad SMARTS) is 1. The van der Waals surface area contributed by atoms with Crippen molar-refractivity contribution in [1.82, 2.24) is 0 Å². The third-order valence-corrected chi connectivity index (χ3v) is 5.57. The number of Topliss-reactive ketones (excluding diaryl/α,β-unsaturated/α-hetero) is 1. The van der Waals surface area contributed by atoms with Gasteiger partial charge in [0.2, 0.25) is 0 Å². The van der Waals surface area contributed by atoms with Crippen LogP contribution in [-0.2, 0) is 6.61 Å². The molecule has 3 aromatic carbocycles. The second-order valence-corrected chi connectivity index (χ2v) is 9.52. The van der Waals surface area contributed by atoms with Gasteiger partial charge in [0.15, 0.2) is 5.78 Å². The first-order chi connectivity index (χ1) is 15.5. The summed E-state index contributed by atoms with van der Waals surface area (Å²) in [7, 11) is 0. The average Bonchev–Trinajstić information content (AvgIpc) is 2.73. The number of aromatic hydroxyl groups is 1. The van der Waals surface area contributed by atoms with E-state index in [1.807, 2.05) is 51.1 Å². The quantitative estimate of drug-likeness (QED) is 0.401. The molecule has 0 bridgehead atoms. The maximum atomic E-state index is 12.6. The van der Waals surface area contributed by atoms with Crippen LogP contribution in [0.1, 0.15) is 64.6 Å².